The molecule has 0 saturated carbocycles. The number of fused-ring (bicyclic) bond motifs is 3. The van der Waals surface area contributed by atoms with Crippen LogP contribution in [0.2, 0.25) is 5.02 Å². The molecule has 1 aromatic heterocycles. The molecule has 0 aliphatic heterocycles. The number of ether oxygens (including phenoxy) is 1. The Hall–Kier alpha value is -3.07. The van der Waals surface area contributed by atoms with Gasteiger partial charge in [-0.15, -0.1) is 0 Å². The van der Waals surface area contributed by atoms with Crippen LogP contribution in [0, 0.1) is 0 Å². The van der Waals surface area contributed by atoms with E-state index in [9.17, 15) is 13.2 Å². The van der Waals surface area contributed by atoms with E-state index < -0.39 is 15.9 Å². The lowest BCUT2D eigenvalue weighted by atomic mass is 10.1. The number of carbonyl (C=O) groups excluding carboxylic acids is 1. The highest BCUT2D eigenvalue weighted by Gasteiger charge is 2.24. The molecule has 0 radical (unpaired) electrons. The van der Waals surface area contributed by atoms with Gasteiger partial charge in [0.05, 0.1) is 23.1 Å². The van der Waals surface area contributed by atoms with Crippen LogP contribution in [0.5, 0.6) is 5.75 Å². The summed E-state index contributed by atoms with van der Waals surface area (Å²) < 4.78 is 34.5. The summed E-state index contributed by atoms with van der Waals surface area (Å²) in [6, 6.07) is 18.1. The number of hydrogen-bond acceptors (Lipinski definition) is 4. The summed E-state index contributed by atoms with van der Waals surface area (Å²) in [6.45, 7) is 4.80. The number of sulfonamides is 1. The molecule has 4 aromatic rings. The highest BCUT2D eigenvalue weighted by Crippen LogP contribution is 2.31. The minimum atomic E-state index is -3.91. The molecule has 34 heavy (non-hydrogen) atoms. The zero-order chi connectivity index (χ0) is 24.5. The van der Waals surface area contributed by atoms with Crippen LogP contribution in [0.15, 0.2) is 65.6 Å². The molecular formula is C25H26ClN3O4S. The molecule has 0 spiro atoms. The van der Waals surface area contributed by atoms with Crippen LogP contribution in [0.4, 0.5) is 5.69 Å². The molecule has 0 unspecified atom stereocenters. The Morgan fingerprint density at radius 1 is 1.03 bits per heavy atom. The molecule has 1 N–H and O–H groups in total. The zero-order valence-corrected chi connectivity index (χ0v) is 20.8. The van der Waals surface area contributed by atoms with Crippen molar-refractivity contribution in [2.45, 2.75) is 25.3 Å². The molecule has 3 aromatic carbocycles. The van der Waals surface area contributed by atoms with E-state index in [0.29, 0.717) is 18.0 Å². The first-order valence-electron chi connectivity index (χ1n) is 11.0. The third-order valence-corrected chi connectivity index (χ3v) is 7.74. The van der Waals surface area contributed by atoms with Crippen molar-refractivity contribution in [2.24, 2.45) is 0 Å². The summed E-state index contributed by atoms with van der Waals surface area (Å²) in [5, 5.41) is 5.14. The monoisotopic (exact) mass is 499 g/mol. The minimum absolute atomic E-state index is 0.00921. The molecule has 1 amide bonds. The molecule has 4 rings (SSSR count). The molecule has 0 bridgehead atoms. The van der Waals surface area contributed by atoms with Crippen molar-refractivity contribution in [3.05, 3.63) is 65.7 Å². The predicted octanol–water partition coefficient (Wildman–Crippen LogP) is 5.13. The number of carbonyl (C=O) groups is 1. The lowest BCUT2D eigenvalue weighted by Gasteiger charge is -2.17. The number of aromatic nitrogens is 1. The highest BCUT2D eigenvalue weighted by atomic mass is 35.5. The Kier molecular flexibility index (Phi) is 6.84. The van der Waals surface area contributed by atoms with Gasteiger partial charge in [0.15, 0.2) is 0 Å². The molecule has 0 saturated heterocycles. The maximum atomic E-state index is 12.9. The van der Waals surface area contributed by atoms with Crippen molar-refractivity contribution in [1.82, 2.24) is 8.87 Å². The predicted molar refractivity (Wildman–Crippen MR) is 136 cm³/mol. The van der Waals surface area contributed by atoms with Crippen molar-refractivity contribution in [3.63, 3.8) is 0 Å². The molecule has 0 fully saturated rings. The molecular weight excluding hydrogens is 474 g/mol. The standard InChI is InChI=1S/C25H26ClN3O4S/c1-4-29-22-9-7-6-8-19(22)20-14-17(10-12-23(20)29)27-25(30)16-28(3)34(31,32)18-11-13-24(33-5-2)21(26)15-18/h6-15H,4-5,16H2,1-3H3,(H,27,30). The summed E-state index contributed by atoms with van der Waals surface area (Å²) in [5.74, 6) is -0.0370. The van der Waals surface area contributed by atoms with E-state index in [4.69, 9.17) is 16.3 Å². The van der Waals surface area contributed by atoms with E-state index in [0.717, 1.165) is 32.7 Å². The minimum Gasteiger partial charge on any atom is -0.492 e. The molecule has 0 atom stereocenters. The smallest absolute Gasteiger partial charge is 0.243 e. The Labute approximate surface area is 203 Å². The van der Waals surface area contributed by atoms with Crippen LogP contribution < -0.4 is 10.1 Å². The summed E-state index contributed by atoms with van der Waals surface area (Å²) in [4.78, 5) is 12.7. The number of halogens is 1. The van der Waals surface area contributed by atoms with E-state index in [1.165, 1.54) is 25.2 Å². The van der Waals surface area contributed by atoms with Crippen molar-refractivity contribution < 1.29 is 17.9 Å². The number of rotatable bonds is 8. The third-order valence-electron chi connectivity index (χ3n) is 5.65. The van der Waals surface area contributed by atoms with Crippen LogP contribution in [0.1, 0.15) is 13.8 Å². The van der Waals surface area contributed by atoms with Gasteiger partial charge in [0.2, 0.25) is 15.9 Å². The third kappa shape index (κ3) is 4.49. The summed E-state index contributed by atoms with van der Waals surface area (Å²) in [6.07, 6.45) is 0. The average molecular weight is 500 g/mol. The lowest BCUT2D eigenvalue weighted by molar-refractivity contribution is -0.116. The van der Waals surface area contributed by atoms with Gasteiger partial charge in [-0.1, -0.05) is 29.8 Å². The van der Waals surface area contributed by atoms with Crippen LogP contribution in [-0.4, -0.2) is 43.4 Å². The Balaban J connectivity index is 1.53. The largest absolute Gasteiger partial charge is 0.492 e. The average Bonchev–Trinajstić information content (AvgIpc) is 3.13. The first kappa shape index (κ1) is 24.1. The van der Waals surface area contributed by atoms with E-state index in [1.54, 1.807) is 0 Å². The normalized spacial score (nSPS) is 11.9. The number of nitrogens with zero attached hydrogens (tertiary/aromatic N) is 2. The molecule has 0 aliphatic carbocycles. The van der Waals surface area contributed by atoms with Crippen LogP contribution in [-0.2, 0) is 21.4 Å². The lowest BCUT2D eigenvalue weighted by Crippen LogP contribution is -2.35. The van der Waals surface area contributed by atoms with E-state index >= 15 is 0 Å². The van der Waals surface area contributed by atoms with Gasteiger partial charge in [0.1, 0.15) is 5.75 Å². The first-order chi connectivity index (χ1) is 16.3. The number of aryl methyl sites for hydroxylation is 1. The van der Waals surface area contributed by atoms with Gasteiger partial charge in [-0.05, 0) is 56.3 Å². The summed E-state index contributed by atoms with van der Waals surface area (Å²) in [5.41, 5.74) is 2.81. The Morgan fingerprint density at radius 3 is 2.47 bits per heavy atom. The number of nitrogens with one attached hydrogen (secondary N) is 1. The van der Waals surface area contributed by atoms with E-state index in [2.05, 4.69) is 28.9 Å². The fraction of sp³-hybridized carbons (Fsp3) is 0.240. The van der Waals surface area contributed by atoms with Gasteiger partial charge < -0.3 is 14.6 Å². The van der Waals surface area contributed by atoms with E-state index in [-0.39, 0.29) is 16.5 Å². The van der Waals surface area contributed by atoms with Crippen molar-refractivity contribution >= 4 is 55.0 Å². The van der Waals surface area contributed by atoms with Gasteiger partial charge in [0.25, 0.3) is 0 Å². The summed E-state index contributed by atoms with van der Waals surface area (Å²) in [7, 11) is -2.56. The second kappa shape index (κ2) is 9.66. The number of hydrogen-bond donors (Lipinski definition) is 1. The van der Waals surface area contributed by atoms with Gasteiger partial charge in [0, 0.05) is 41.1 Å². The van der Waals surface area contributed by atoms with Crippen LogP contribution in [0.25, 0.3) is 21.8 Å². The maximum absolute atomic E-state index is 12.9. The number of amides is 1. The van der Waals surface area contributed by atoms with E-state index in [1.807, 2.05) is 37.3 Å². The SMILES string of the molecule is CCOc1ccc(S(=O)(=O)N(C)CC(=O)Nc2ccc3c(c2)c2ccccc2n3CC)cc1Cl. The maximum Gasteiger partial charge on any atom is 0.243 e. The van der Waals surface area contributed by atoms with Crippen molar-refractivity contribution in [3.8, 4) is 5.75 Å². The van der Waals surface area contributed by atoms with Crippen LogP contribution >= 0.6 is 11.6 Å². The summed E-state index contributed by atoms with van der Waals surface area (Å²) >= 11 is 6.14. The quantitative estimate of drug-likeness (QED) is 0.364. The van der Waals surface area contributed by atoms with Crippen molar-refractivity contribution in [1.29, 1.82) is 0 Å². The molecule has 7 nitrogen and oxygen atoms in total. The number of para-hydroxylation sites is 1. The zero-order valence-electron chi connectivity index (χ0n) is 19.2. The Morgan fingerprint density at radius 2 is 1.76 bits per heavy atom. The van der Waals surface area contributed by atoms with Crippen molar-refractivity contribution in [2.75, 3.05) is 25.5 Å². The second-order valence-electron chi connectivity index (χ2n) is 7.83. The van der Waals surface area contributed by atoms with Gasteiger partial charge in [-0.25, -0.2) is 8.42 Å². The van der Waals surface area contributed by atoms with Gasteiger partial charge >= 0.3 is 0 Å². The van der Waals surface area contributed by atoms with Gasteiger partial charge in [-0.3, -0.25) is 4.79 Å². The topological polar surface area (TPSA) is 80.6 Å². The molecule has 0 aliphatic rings. The molecule has 1 heterocycles. The fourth-order valence-corrected chi connectivity index (χ4v) is 5.51. The Bertz CT molecular complexity index is 1480. The number of anilines is 1. The first-order valence-corrected chi connectivity index (χ1v) is 12.8. The number of benzene rings is 3. The fourth-order valence-electron chi connectivity index (χ4n) is 4.05. The molecule has 178 valence electrons. The van der Waals surface area contributed by atoms with Gasteiger partial charge in [-0.2, -0.15) is 4.31 Å². The second-order valence-corrected chi connectivity index (χ2v) is 10.3. The molecule has 9 heteroatoms. The number of likely N-dealkylation sites (N-methyl/N-ethyl adjacent to an activating group) is 1. The van der Waals surface area contributed by atoms with Crippen LogP contribution in [0.3, 0.4) is 0 Å². The highest BCUT2D eigenvalue weighted by molar-refractivity contribution is 7.89.